The van der Waals surface area contributed by atoms with Gasteiger partial charge in [-0.3, -0.25) is 4.98 Å². The molecule has 0 bridgehead atoms. The number of para-hydroxylation sites is 2. The molecule has 1 aromatic carbocycles. The van der Waals surface area contributed by atoms with Gasteiger partial charge in [-0.2, -0.15) is 0 Å². The highest BCUT2D eigenvalue weighted by molar-refractivity contribution is 9.10. The van der Waals surface area contributed by atoms with Crippen molar-refractivity contribution in [2.45, 2.75) is 6.36 Å². The van der Waals surface area contributed by atoms with E-state index in [9.17, 15) is 13.2 Å². The van der Waals surface area contributed by atoms with Crippen LogP contribution in [0.1, 0.15) is 0 Å². The lowest BCUT2D eigenvalue weighted by atomic mass is 10.2. The number of anilines is 2. The Hall–Kier alpha value is -1.76. The van der Waals surface area contributed by atoms with E-state index in [0.29, 0.717) is 10.2 Å². The van der Waals surface area contributed by atoms with Crippen LogP contribution in [0.5, 0.6) is 5.75 Å². The molecule has 0 aliphatic rings. The number of ether oxygens (including phenoxy) is 1. The Balaban J connectivity index is 2.28. The standard InChI is InChI=1S/C12H8BrF3N2O/c13-8-7-17-6-5-9(8)18-10-3-1-2-4-11(10)19-12(14,15)16/h1-7H,(H,17,18). The third-order valence-electron chi connectivity index (χ3n) is 2.15. The van der Waals surface area contributed by atoms with E-state index >= 15 is 0 Å². The van der Waals surface area contributed by atoms with Crippen LogP contribution in [0, 0.1) is 0 Å². The van der Waals surface area contributed by atoms with E-state index in [0.717, 1.165) is 0 Å². The predicted octanol–water partition coefficient (Wildman–Crippen LogP) is 4.49. The predicted molar refractivity (Wildman–Crippen MR) is 68.3 cm³/mol. The first-order valence-electron chi connectivity index (χ1n) is 5.17. The second kappa shape index (κ2) is 5.48. The quantitative estimate of drug-likeness (QED) is 0.899. The molecule has 100 valence electrons. The van der Waals surface area contributed by atoms with Crippen LogP contribution in [-0.2, 0) is 0 Å². The van der Waals surface area contributed by atoms with Crippen LogP contribution in [0.3, 0.4) is 0 Å². The molecule has 1 aromatic heterocycles. The van der Waals surface area contributed by atoms with Crippen LogP contribution in [0.2, 0.25) is 0 Å². The number of nitrogens with one attached hydrogen (secondary N) is 1. The minimum atomic E-state index is -4.73. The second-order valence-corrected chi connectivity index (χ2v) is 4.38. The Labute approximate surface area is 115 Å². The van der Waals surface area contributed by atoms with Crippen LogP contribution >= 0.6 is 15.9 Å². The molecular weight excluding hydrogens is 325 g/mol. The van der Waals surface area contributed by atoms with Gasteiger partial charge in [-0.05, 0) is 34.1 Å². The summed E-state index contributed by atoms with van der Waals surface area (Å²) in [5, 5.41) is 2.85. The third kappa shape index (κ3) is 3.85. The van der Waals surface area contributed by atoms with Gasteiger partial charge in [-0.25, -0.2) is 0 Å². The fourth-order valence-corrected chi connectivity index (χ4v) is 1.75. The summed E-state index contributed by atoms with van der Waals surface area (Å²) < 4.78 is 41.4. The van der Waals surface area contributed by atoms with Gasteiger partial charge in [0.25, 0.3) is 0 Å². The zero-order valence-electron chi connectivity index (χ0n) is 9.41. The van der Waals surface area contributed by atoms with E-state index in [-0.39, 0.29) is 11.4 Å². The van der Waals surface area contributed by atoms with Crippen LogP contribution in [0.25, 0.3) is 0 Å². The molecule has 0 fully saturated rings. The highest BCUT2D eigenvalue weighted by atomic mass is 79.9. The summed E-state index contributed by atoms with van der Waals surface area (Å²) in [6.45, 7) is 0. The van der Waals surface area contributed by atoms with E-state index in [2.05, 4.69) is 31.0 Å². The number of nitrogens with zero attached hydrogens (tertiary/aromatic N) is 1. The molecular formula is C12H8BrF3N2O. The number of alkyl halides is 3. The van der Waals surface area contributed by atoms with Gasteiger partial charge in [-0.1, -0.05) is 12.1 Å². The molecule has 0 saturated carbocycles. The molecule has 7 heteroatoms. The summed E-state index contributed by atoms with van der Waals surface area (Å²) in [7, 11) is 0. The van der Waals surface area contributed by atoms with Gasteiger partial charge in [0.2, 0.25) is 0 Å². The maximum atomic E-state index is 12.3. The molecule has 0 aliphatic carbocycles. The van der Waals surface area contributed by atoms with E-state index < -0.39 is 6.36 Å². The van der Waals surface area contributed by atoms with Crippen molar-refractivity contribution in [1.29, 1.82) is 0 Å². The minimum absolute atomic E-state index is 0.215. The third-order valence-corrected chi connectivity index (χ3v) is 2.79. The van der Waals surface area contributed by atoms with Crippen molar-refractivity contribution in [3.05, 3.63) is 47.2 Å². The number of hydrogen-bond donors (Lipinski definition) is 1. The summed E-state index contributed by atoms with van der Waals surface area (Å²) in [5.74, 6) is -0.293. The zero-order valence-corrected chi connectivity index (χ0v) is 11.0. The summed E-state index contributed by atoms with van der Waals surface area (Å²) in [4.78, 5) is 3.87. The Morgan fingerprint density at radius 2 is 1.84 bits per heavy atom. The van der Waals surface area contributed by atoms with Gasteiger partial charge in [0.15, 0.2) is 5.75 Å². The molecule has 19 heavy (non-hydrogen) atoms. The number of halogens is 4. The molecule has 0 aliphatic heterocycles. The fraction of sp³-hybridized carbons (Fsp3) is 0.0833. The topological polar surface area (TPSA) is 34.1 Å². The highest BCUT2D eigenvalue weighted by Gasteiger charge is 2.32. The van der Waals surface area contributed by atoms with Crippen molar-refractivity contribution >= 4 is 27.3 Å². The van der Waals surface area contributed by atoms with Gasteiger partial charge < -0.3 is 10.1 Å². The van der Waals surface area contributed by atoms with Crippen molar-refractivity contribution in [2.75, 3.05) is 5.32 Å². The molecule has 1 N–H and O–H groups in total. The van der Waals surface area contributed by atoms with Crippen molar-refractivity contribution in [1.82, 2.24) is 4.98 Å². The molecule has 0 unspecified atom stereocenters. The Bertz CT molecular complexity index is 575. The first-order chi connectivity index (χ1) is 8.96. The average molecular weight is 333 g/mol. The zero-order chi connectivity index (χ0) is 13.9. The van der Waals surface area contributed by atoms with Crippen molar-refractivity contribution in [3.63, 3.8) is 0 Å². The van der Waals surface area contributed by atoms with Crippen LogP contribution in [0.15, 0.2) is 47.2 Å². The molecule has 3 nitrogen and oxygen atoms in total. The summed E-state index contributed by atoms with van der Waals surface area (Å²) in [6, 6.07) is 7.45. The van der Waals surface area contributed by atoms with E-state index in [4.69, 9.17) is 0 Å². The van der Waals surface area contributed by atoms with Crippen LogP contribution in [0.4, 0.5) is 24.5 Å². The first kappa shape index (κ1) is 13.7. The van der Waals surface area contributed by atoms with Gasteiger partial charge in [0.1, 0.15) is 0 Å². The molecule has 0 spiro atoms. The lowest BCUT2D eigenvalue weighted by molar-refractivity contribution is -0.274. The average Bonchev–Trinajstić information content (AvgIpc) is 2.33. The molecule has 0 radical (unpaired) electrons. The minimum Gasteiger partial charge on any atom is -0.404 e. The molecule has 0 amide bonds. The largest absolute Gasteiger partial charge is 0.573 e. The number of aromatic nitrogens is 1. The van der Waals surface area contributed by atoms with Crippen molar-refractivity contribution in [3.8, 4) is 5.75 Å². The molecule has 2 aromatic rings. The van der Waals surface area contributed by atoms with Gasteiger partial charge in [0, 0.05) is 12.4 Å². The fourth-order valence-electron chi connectivity index (χ4n) is 1.41. The number of pyridine rings is 1. The highest BCUT2D eigenvalue weighted by Crippen LogP contribution is 2.33. The first-order valence-corrected chi connectivity index (χ1v) is 5.96. The van der Waals surface area contributed by atoms with Crippen molar-refractivity contribution < 1.29 is 17.9 Å². The van der Waals surface area contributed by atoms with E-state index in [1.807, 2.05) is 0 Å². The molecule has 0 atom stereocenters. The van der Waals surface area contributed by atoms with Crippen LogP contribution in [-0.4, -0.2) is 11.3 Å². The summed E-state index contributed by atoms with van der Waals surface area (Å²) in [6.07, 6.45) is -1.66. The second-order valence-electron chi connectivity index (χ2n) is 3.52. The summed E-state index contributed by atoms with van der Waals surface area (Å²) >= 11 is 3.25. The molecule has 0 saturated heterocycles. The lowest BCUT2D eigenvalue weighted by Crippen LogP contribution is -2.17. The van der Waals surface area contributed by atoms with Gasteiger partial charge in [-0.15, -0.1) is 13.2 Å². The van der Waals surface area contributed by atoms with Gasteiger partial charge in [0.05, 0.1) is 15.8 Å². The SMILES string of the molecule is FC(F)(F)Oc1ccccc1Nc1ccncc1Br. The Morgan fingerprint density at radius 1 is 1.11 bits per heavy atom. The van der Waals surface area contributed by atoms with Crippen LogP contribution < -0.4 is 10.1 Å². The number of rotatable bonds is 3. The maximum Gasteiger partial charge on any atom is 0.573 e. The lowest BCUT2D eigenvalue weighted by Gasteiger charge is -2.15. The number of hydrogen-bond acceptors (Lipinski definition) is 3. The normalized spacial score (nSPS) is 11.2. The van der Waals surface area contributed by atoms with Crippen molar-refractivity contribution in [2.24, 2.45) is 0 Å². The van der Waals surface area contributed by atoms with E-state index in [1.165, 1.54) is 30.6 Å². The van der Waals surface area contributed by atoms with E-state index in [1.54, 1.807) is 12.1 Å². The Kier molecular flexibility index (Phi) is 3.94. The molecule has 2 rings (SSSR count). The van der Waals surface area contributed by atoms with Gasteiger partial charge >= 0.3 is 6.36 Å². The number of benzene rings is 1. The molecule has 1 heterocycles. The smallest absolute Gasteiger partial charge is 0.404 e. The maximum absolute atomic E-state index is 12.3. The monoisotopic (exact) mass is 332 g/mol. The summed E-state index contributed by atoms with van der Waals surface area (Å²) in [5.41, 5.74) is 0.806. The Morgan fingerprint density at radius 3 is 2.53 bits per heavy atom.